The molecule has 1 aromatic heterocycles. The lowest BCUT2D eigenvalue weighted by Crippen LogP contribution is -2.30. The molecule has 0 unspecified atom stereocenters. The fourth-order valence-electron chi connectivity index (χ4n) is 2.14. The second-order valence-electron chi connectivity index (χ2n) is 4.16. The Balaban J connectivity index is 2.23. The Morgan fingerprint density at radius 2 is 2.07 bits per heavy atom. The standard InChI is InChI=1S/C13H18N2/c1-3-12-9-11(2)13(14-10-12)15-7-5-4-6-8-15/h3,9-10H,1,4-8H2,2H3. The summed E-state index contributed by atoms with van der Waals surface area (Å²) in [5, 5.41) is 0. The molecule has 0 amide bonds. The maximum Gasteiger partial charge on any atom is 0.131 e. The van der Waals surface area contributed by atoms with Gasteiger partial charge in [-0.15, -0.1) is 0 Å². The molecule has 0 spiro atoms. The van der Waals surface area contributed by atoms with Gasteiger partial charge < -0.3 is 4.90 Å². The van der Waals surface area contributed by atoms with Crippen LogP contribution < -0.4 is 4.90 Å². The van der Waals surface area contributed by atoms with Crippen molar-refractivity contribution >= 4 is 11.9 Å². The Hall–Kier alpha value is -1.31. The van der Waals surface area contributed by atoms with E-state index in [0.29, 0.717) is 0 Å². The van der Waals surface area contributed by atoms with Crippen LogP contribution in [0.1, 0.15) is 30.4 Å². The van der Waals surface area contributed by atoms with Gasteiger partial charge in [0, 0.05) is 19.3 Å². The van der Waals surface area contributed by atoms with E-state index in [2.05, 4.69) is 29.5 Å². The van der Waals surface area contributed by atoms with Crippen molar-refractivity contribution in [3.63, 3.8) is 0 Å². The summed E-state index contributed by atoms with van der Waals surface area (Å²) in [5.41, 5.74) is 2.36. The van der Waals surface area contributed by atoms with Gasteiger partial charge in [-0.3, -0.25) is 0 Å². The molecule has 0 bridgehead atoms. The number of anilines is 1. The molecule has 1 aromatic rings. The van der Waals surface area contributed by atoms with Crippen LogP contribution in [0.3, 0.4) is 0 Å². The van der Waals surface area contributed by atoms with Crippen molar-refractivity contribution in [3.8, 4) is 0 Å². The van der Waals surface area contributed by atoms with Gasteiger partial charge in [-0.25, -0.2) is 4.98 Å². The van der Waals surface area contributed by atoms with Crippen LogP contribution in [0.15, 0.2) is 18.8 Å². The molecule has 1 aliphatic rings. The van der Waals surface area contributed by atoms with Crippen LogP contribution in [0.25, 0.3) is 6.08 Å². The summed E-state index contributed by atoms with van der Waals surface area (Å²) >= 11 is 0. The third-order valence-corrected chi connectivity index (χ3v) is 2.96. The maximum absolute atomic E-state index is 4.53. The van der Waals surface area contributed by atoms with Crippen LogP contribution in [0.4, 0.5) is 5.82 Å². The molecule has 0 atom stereocenters. The van der Waals surface area contributed by atoms with Gasteiger partial charge in [0.05, 0.1) is 0 Å². The smallest absolute Gasteiger partial charge is 0.131 e. The van der Waals surface area contributed by atoms with Gasteiger partial charge in [-0.1, -0.05) is 12.7 Å². The van der Waals surface area contributed by atoms with Crippen LogP contribution in [-0.2, 0) is 0 Å². The van der Waals surface area contributed by atoms with Gasteiger partial charge in [0.15, 0.2) is 0 Å². The third-order valence-electron chi connectivity index (χ3n) is 2.96. The molecule has 15 heavy (non-hydrogen) atoms. The molecule has 2 nitrogen and oxygen atoms in total. The Morgan fingerprint density at radius 1 is 1.33 bits per heavy atom. The molecular weight excluding hydrogens is 184 g/mol. The lowest BCUT2D eigenvalue weighted by molar-refractivity contribution is 0.572. The first kappa shape index (κ1) is 10.2. The second kappa shape index (κ2) is 4.47. The Labute approximate surface area is 91.6 Å². The van der Waals surface area contributed by atoms with Gasteiger partial charge in [-0.05, 0) is 43.4 Å². The zero-order valence-electron chi connectivity index (χ0n) is 9.37. The first-order valence-electron chi connectivity index (χ1n) is 5.65. The SMILES string of the molecule is C=Cc1cnc(N2CCCCC2)c(C)c1. The van der Waals surface area contributed by atoms with Crippen molar-refractivity contribution in [1.29, 1.82) is 0 Å². The maximum atomic E-state index is 4.53. The number of nitrogens with zero attached hydrogens (tertiary/aromatic N) is 2. The zero-order valence-corrected chi connectivity index (χ0v) is 9.37. The number of aryl methyl sites for hydroxylation is 1. The fraction of sp³-hybridized carbons (Fsp3) is 0.462. The molecule has 1 aliphatic heterocycles. The van der Waals surface area contributed by atoms with Crippen molar-refractivity contribution < 1.29 is 0 Å². The average molecular weight is 202 g/mol. The van der Waals surface area contributed by atoms with E-state index >= 15 is 0 Å². The third kappa shape index (κ3) is 2.20. The van der Waals surface area contributed by atoms with E-state index in [0.717, 1.165) is 24.5 Å². The number of pyridine rings is 1. The van der Waals surface area contributed by atoms with E-state index in [4.69, 9.17) is 0 Å². The number of aromatic nitrogens is 1. The van der Waals surface area contributed by atoms with Crippen molar-refractivity contribution in [2.45, 2.75) is 26.2 Å². The second-order valence-corrected chi connectivity index (χ2v) is 4.16. The molecule has 0 aliphatic carbocycles. The molecule has 0 saturated carbocycles. The molecule has 2 heteroatoms. The lowest BCUT2D eigenvalue weighted by Gasteiger charge is -2.29. The highest BCUT2D eigenvalue weighted by Crippen LogP contribution is 2.22. The molecule has 1 fully saturated rings. The fourth-order valence-corrected chi connectivity index (χ4v) is 2.14. The Morgan fingerprint density at radius 3 is 2.67 bits per heavy atom. The highest BCUT2D eigenvalue weighted by Gasteiger charge is 2.13. The van der Waals surface area contributed by atoms with Crippen molar-refractivity contribution in [2.24, 2.45) is 0 Å². The minimum atomic E-state index is 1.10. The quantitative estimate of drug-likeness (QED) is 0.733. The monoisotopic (exact) mass is 202 g/mol. The van der Waals surface area contributed by atoms with Crippen molar-refractivity contribution in [3.05, 3.63) is 30.0 Å². The summed E-state index contributed by atoms with van der Waals surface area (Å²) in [5.74, 6) is 1.15. The molecule has 0 aromatic carbocycles. The van der Waals surface area contributed by atoms with Gasteiger partial charge in [0.2, 0.25) is 0 Å². The predicted octanol–water partition coefficient (Wildman–Crippen LogP) is 3.02. The van der Waals surface area contributed by atoms with Gasteiger partial charge in [-0.2, -0.15) is 0 Å². The normalized spacial score (nSPS) is 16.5. The lowest BCUT2D eigenvalue weighted by atomic mass is 10.1. The molecule has 0 N–H and O–H groups in total. The van der Waals surface area contributed by atoms with Crippen LogP contribution in [-0.4, -0.2) is 18.1 Å². The molecule has 80 valence electrons. The number of hydrogen-bond acceptors (Lipinski definition) is 2. The largest absolute Gasteiger partial charge is 0.356 e. The Kier molecular flexibility index (Phi) is 3.05. The molecule has 1 saturated heterocycles. The van der Waals surface area contributed by atoms with Crippen LogP contribution in [0.2, 0.25) is 0 Å². The molecular formula is C13H18N2. The Bertz CT molecular complexity index is 352. The highest BCUT2D eigenvalue weighted by atomic mass is 15.2. The number of rotatable bonds is 2. The number of piperidine rings is 1. The molecule has 2 heterocycles. The van der Waals surface area contributed by atoms with Crippen LogP contribution >= 0.6 is 0 Å². The van der Waals surface area contributed by atoms with E-state index in [-0.39, 0.29) is 0 Å². The molecule has 0 radical (unpaired) electrons. The van der Waals surface area contributed by atoms with E-state index in [1.54, 1.807) is 0 Å². The molecule has 2 rings (SSSR count). The average Bonchev–Trinajstić information content (AvgIpc) is 2.30. The predicted molar refractivity (Wildman–Crippen MR) is 65.1 cm³/mol. The van der Waals surface area contributed by atoms with Gasteiger partial charge >= 0.3 is 0 Å². The van der Waals surface area contributed by atoms with Crippen molar-refractivity contribution in [2.75, 3.05) is 18.0 Å². The summed E-state index contributed by atoms with van der Waals surface area (Å²) in [7, 11) is 0. The van der Waals surface area contributed by atoms with Gasteiger partial charge in [0.1, 0.15) is 5.82 Å². The van der Waals surface area contributed by atoms with Crippen LogP contribution in [0.5, 0.6) is 0 Å². The minimum absolute atomic E-state index is 1.10. The highest BCUT2D eigenvalue weighted by molar-refractivity contribution is 5.54. The summed E-state index contributed by atoms with van der Waals surface area (Å²) in [4.78, 5) is 6.92. The first-order chi connectivity index (χ1) is 7.31. The van der Waals surface area contributed by atoms with E-state index < -0.39 is 0 Å². The topological polar surface area (TPSA) is 16.1 Å². The van der Waals surface area contributed by atoms with Crippen LogP contribution in [0, 0.1) is 6.92 Å². The van der Waals surface area contributed by atoms with E-state index in [1.807, 2.05) is 12.3 Å². The zero-order chi connectivity index (χ0) is 10.7. The van der Waals surface area contributed by atoms with E-state index in [1.165, 1.54) is 24.8 Å². The van der Waals surface area contributed by atoms with Gasteiger partial charge in [0.25, 0.3) is 0 Å². The summed E-state index contributed by atoms with van der Waals surface area (Å²) in [6, 6.07) is 2.16. The first-order valence-corrected chi connectivity index (χ1v) is 5.65. The number of hydrogen-bond donors (Lipinski definition) is 0. The summed E-state index contributed by atoms with van der Waals surface area (Å²) in [6.07, 6.45) is 7.71. The van der Waals surface area contributed by atoms with Crippen molar-refractivity contribution in [1.82, 2.24) is 4.98 Å². The summed E-state index contributed by atoms with van der Waals surface area (Å²) in [6.45, 7) is 8.20. The minimum Gasteiger partial charge on any atom is -0.356 e. The summed E-state index contributed by atoms with van der Waals surface area (Å²) < 4.78 is 0. The van der Waals surface area contributed by atoms with E-state index in [9.17, 15) is 0 Å².